The molecule has 8 heteroatoms. The molecule has 84 heavy (non-hydrogen) atoms. The Labute approximate surface area is 490 Å². The topological polar surface area (TPSA) is 77.3 Å². The van der Waals surface area contributed by atoms with Crippen LogP contribution in [0.4, 0.5) is 0 Å². The number of rotatable bonds is 8. The normalized spacial score (nSPS) is 11.8. The van der Waals surface area contributed by atoms with Gasteiger partial charge in [0.2, 0.25) is 0 Å². The van der Waals surface area contributed by atoms with Crippen LogP contribution in [0.1, 0.15) is 0 Å². The van der Waals surface area contributed by atoms with E-state index in [-0.39, 0.29) is 0 Å². The lowest BCUT2D eigenvalue weighted by molar-refractivity contribution is 1.33. The number of fused-ring (bicyclic) bond motifs is 12. The highest BCUT2D eigenvalue weighted by molar-refractivity contribution is 7.26. The van der Waals surface area contributed by atoms with E-state index in [9.17, 15) is 0 Å². The van der Waals surface area contributed by atoms with Crippen LogP contribution in [-0.2, 0) is 0 Å². The lowest BCUT2D eigenvalue weighted by atomic mass is 9.94. The highest BCUT2D eigenvalue weighted by Crippen LogP contribution is 2.47. The number of benzene rings is 9. The molecule has 0 aliphatic carbocycles. The first kappa shape index (κ1) is 48.1. The summed E-state index contributed by atoms with van der Waals surface area (Å²) in [5.41, 5.74) is 20.7. The number of thiophene rings is 2. The molecule has 8 heterocycles. The van der Waals surface area contributed by atoms with Crippen molar-refractivity contribution < 1.29 is 0 Å². The molecule has 0 spiro atoms. The van der Waals surface area contributed by atoms with Crippen LogP contribution in [0.15, 0.2) is 267 Å². The van der Waals surface area contributed by atoms with Crippen LogP contribution in [-0.4, -0.2) is 29.9 Å². The van der Waals surface area contributed by atoms with Crippen molar-refractivity contribution in [3.05, 3.63) is 267 Å². The van der Waals surface area contributed by atoms with Gasteiger partial charge in [0, 0.05) is 114 Å². The molecule has 0 aliphatic rings. The quantitative estimate of drug-likeness (QED) is 0.141. The Balaban J connectivity index is 0.725. The highest BCUT2D eigenvalue weighted by Gasteiger charge is 2.20. The molecule has 0 saturated carbocycles. The summed E-state index contributed by atoms with van der Waals surface area (Å²) in [6.45, 7) is 0. The van der Waals surface area contributed by atoms with Gasteiger partial charge in [0.05, 0.1) is 44.8 Å². The Morgan fingerprint density at radius 3 is 1.39 bits per heavy atom. The van der Waals surface area contributed by atoms with Crippen molar-refractivity contribution in [1.82, 2.24) is 29.9 Å². The van der Waals surface area contributed by atoms with Crippen LogP contribution in [0.2, 0.25) is 0 Å². The fourth-order valence-electron chi connectivity index (χ4n) is 12.2. The molecule has 6 nitrogen and oxygen atoms in total. The third-order valence-corrected chi connectivity index (χ3v) is 18.8. The second-order valence-electron chi connectivity index (χ2n) is 21.4. The van der Waals surface area contributed by atoms with Crippen molar-refractivity contribution in [2.24, 2.45) is 0 Å². The predicted molar refractivity (Wildman–Crippen MR) is 353 cm³/mol. The van der Waals surface area contributed by atoms with Crippen molar-refractivity contribution in [2.75, 3.05) is 0 Å². The number of pyridine rings is 6. The van der Waals surface area contributed by atoms with Gasteiger partial charge in [0.1, 0.15) is 0 Å². The van der Waals surface area contributed by atoms with E-state index in [1.807, 2.05) is 65.7 Å². The summed E-state index contributed by atoms with van der Waals surface area (Å²) < 4.78 is 4.91. The van der Waals surface area contributed by atoms with Gasteiger partial charge in [0.25, 0.3) is 0 Å². The van der Waals surface area contributed by atoms with Crippen LogP contribution in [0.5, 0.6) is 0 Å². The molecule has 0 unspecified atom stereocenters. The molecule has 0 fully saturated rings. The SMILES string of the molecule is c1ccc(-c2ccc3ccc4ccc(-c5ccc6sc7c(-c8ccc(-c9ccc(-c%10cccc%11sc%12ccc(-c%13ccc%14ccc%15cccnc%15c%14n%13)cc%12c%10%11)cc9)cn8)ccc(-c8ccc(-c9cccnc9)cc8)c7c6c5)nc4c3n2)cc1. The van der Waals surface area contributed by atoms with Crippen molar-refractivity contribution >= 4 is 107 Å². The van der Waals surface area contributed by atoms with Crippen molar-refractivity contribution in [3.63, 3.8) is 0 Å². The van der Waals surface area contributed by atoms with Gasteiger partial charge in [-0.05, 0) is 106 Å². The van der Waals surface area contributed by atoms with E-state index in [0.29, 0.717) is 0 Å². The van der Waals surface area contributed by atoms with Crippen LogP contribution in [0.25, 0.3) is 173 Å². The predicted octanol–water partition coefficient (Wildman–Crippen LogP) is 20.7. The maximum atomic E-state index is 5.39. The molecule has 0 radical (unpaired) electrons. The average Bonchev–Trinajstić information content (AvgIpc) is 3.51. The Bertz CT molecular complexity index is 5470. The fraction of sp³-hybridized carbons (Fsp3) is 0. The van der Waals surface area contributed by atoms with E-state index in [1.54, 1.807) is 0 Å². The van der Waals surface area contributed by atoms with Crippen LogP contribution < -0.4 is 0 Å². The van der Waals surface area contributed by atoms with Gasteiger partial charge >= 0.3 is 0 Å². The first-order chi connectivity index (χ1) is 41.6. The number of aromatic nitrogens is 6. The van der Waals surface area contributed by atoms with Gasteiger partial charge in [-0.2, -0.15) is 0 Å². The standard InChI is InChI=1S/C76H44N6S2/c1-2-7-49(8-3-1)63-33-25-52-23-24-53-27-35-65(82-75(53)74(52)80-63)55-30-38-68-62(42-55)71-59(48-19-13-45(14-20-48)56-10-5-39-77-43-56)31-32-60(76(71)84-68)66-36-28-57(44-79-66)46-15-17-47(18-16-46)58-11-4-12-69-70(58)61-41-54(29-37-67(61)83-69)64-34-26-51-22-21-50-9-6-40-78-72(50)73(51)81-64/h1-44H. The Morgan fingerprint density at radius 1 is 0.262 bits per heavy atom. The zero-order valence-corrected chi connectivity index (χ0v) is 46.5. The maximum Gasteiger partial charge on any atom is 0.0972 e. The van der Waals surface area contributed by atoms with Crippen LogP contribution in [0.3, 0.4) is 0 Å². The molecule has 0 amide bonds. The van der Waals surface area contributed by atoms with Crippen molar-refractivity contribution in [3.8, 4) is 89.5 Å². The Morgan fingerprint density at radius 2 is 0.762 bits per heavy atom. The maximum absolute atomic E-state index is 5.39. The van der Waals surface area contributed by atoms with Gasteiger partial charge in [-0.3, -0.25) is 15.0 Å². The van der Waals surface area contributed by atoms with E-state index < -0.39 is 0 Å². The first-order valence-corrected chi connectivity index (χ1v) is 29.7. The molecule has 17 rings (SSSR count). The third kappa shape index (κ3) is 8.14. The summed E-state index contributed by atoms with van der Waals surface area (Å²) in [5.74, 6) is 0. The third-order valence-electron chi connectivity index (χ3n) is 16.5. The minimum absolute atomic E-state index is 0.891. The lowest BCUT2D eigenvalue weighted by Gasteiger charge is -2.11. The smallest absolute Gasteiger partial charge is 0.0972 e. The summed E-state index contributed by atoms with van der Waals surface area (Å²) in [4.78, 5) is 30.1. The molecule has 17 aromatic rings. The largest absolute Gasteiger partial charge is 0.264 e. The highest BCUT2D eigenvalue weighted by atomic mass is 32.1. The minimum atomic E-state index is 0.891. The van der Waals surface area contributed by atoms with E-state index in [0.717, 1.165) is 116 Å². The van der Waals surface area contributed by atoms with E-state index in [4.69, 9.17) is 24.9 Å². The van der Waals surface area contributed by atoms with Gasteiger partial charge in [-0.15, -0.1) is 22.7 Å². The molecular weight excluding hydrogens is 1060 g/mol. The molecule has 8 aromatic heterocycles. The molecule has 0 bridgehead atoms. The Kier molecular flexibility index (Phi) is 11.2. The molecule has 390 valence electrons. The monoisotopic (exact) mass is 1100 g/mol. The average molecular weight is 1110 g/mol. The van der Waals surface area contributed by atoms with Crippen molar-refractivity contribution in [2.45, 2.75) is 0 Å². The summed E-state index contributed by atoms with van der Waals surface area (Å²) in [7, 11) is 0. The zero-order valence-electron chi connectivity index (χ0n) is 44.9. The van der Waals surface area contributed by atoms with E-state index in [1.165, 1.54) is 57.0 Å². The number of hydrogen-bond acceptors (Lipinski definition) is 8. The van der Waals surface area contributed by atoms with Gasteiger partial charge in [-0.1, -0.05) is 176 Å². The molecule has 0 atom stereocenters. The molecule has 0 saturated heterocycles. The molecular formula is C76H44N6S2. The summed E-state index contributed by atoms with van der Waals surface area (Å²) in [6.07, 6.45) is 7.60. The minimum Gasteiger partial charge on any atom is -0.264 e. The number of nitrogens with zero attached hydrogens (tertiary/aromatic N) is 6. The van der Waals surface area contributed by atoms with Gasteiger partial charge in [0.15, 0.2) is 0 Å². The van der Waals surface area contributed by atoms with E-state index >= 15 is 0 Å². The lowest BCUT2D eigenvalue weighted by Crippen LogP contribution is -1.91. The summed E-state index contributed by atoms with van der Waals surface area (Å²) in [6, 6.07) is 86.8. The van der Waals surface area contributed by atoms with Crippen LogP contribution >= 0.6 is 22.7 Å². The second kappa shape index (κ2) is 19.5. The summed E-state index contributed by atoms with van der Waals surface area (Å²) in [5, 5.41) is 9.17. The number of hydrogen-bond donors (Lipinski definition) is 0. The second-order valence-corrected chi connectivity index (χ2v) is 23.5. The van der Waals surface area contributed by atoms with Gasteiger partial charge < -0.3 is 0 Å². The van der Waals surface area contributed by atoms with Gasteiger partial charge in [-0.25, -0.2) is 15.0 Å². The first-order valence-electron chi connectivity index (χ1n) is 28.0. The molecule has 9 aromatic carbocycles. The fourth-order valence-corrected chi connectivity index (χ4v) is 14.6. The van der Waals surface area contributed by atoms with E-state index in [2.05, 4.69) is 229 Å². The molecule has 0 aliphatic heterocycles. The summed E-state index contributed by atoms with van der Waals surface area (Å²) >= 11 is 3.65. The van der Waals surface area contributed by atoms with Crippen molar-refractivity contribution in [1.29, 1.82) is 0 Å². The Hall–Kier alpha value is -10.6. The molecule has 0 N–H and O–H groups in total. The van der Waals surface area contributed by atoms with Crippen LogP contribution in [0, 0.1) is 0 Å². The zero-order chi connectivity index (χ0) is 55.2.